The third-order valence-corrected chi connectivity index (χ3v) is 8.04. The number of alkyl halides is 2. The maximum absolute atomic E-state index is 14.6. The van der Waals surface area contributed by atoms with Gasteiger partial charge in [-0.15, -0.1) is 0 Å². The highest BCUT2D eigenvalue weighted by Gasteiger charge is 2.41. The lowest BCUT2D eigenvalue weighted by atomic mass is 9.83. The van der Waals surface area contributed by atoms with E-state index >= 15 is 0 Å². The van der Waals surface area contributed by atoms with Gasteiger partial charge in [-0.05, 0) is 69.4 Å². The van der Waals surface area contributed by atoms with E-state index in [0.29, 0.717) is 65.4 Å². The first-order valence-electron chi connectivity index (χ1n) is 13.9. The van der Waals surface area contributed by atoms with Crippen molar-refractivity contribution in [2.75, 3.05) is 45.0 Å². The molecule has 1 aliphatic heterocycles. The molecule has 1 aliphatic carbocycles. The number of methoxy groups -OCH3 is 2. The number of aryl methyl sites for hydroxylation is 1. The molecular formula is C30H37F2N5O4. The number of fused-ring (bicyclic) bond motifs is 1. The molecule has 3 aromatic rings. The molecule has 220 valence electrons. The number of carbonyl (C=O) groups excluding carboxylic acids is 1. The molecule has 5 rings (SSSR count). The van der Waals surface area contributed by atoms with Crippen molar-refractivity contribution in [1.29, 1.82) is 0 Å². The summed E-state index contributed by atoms with van der Waals surface area (Å²) >= 11 is 0. The maximum atomic E-state index is 14.6. The standard InChI is InChI=1S/C30H37F2N5O4/c1-17(20-11-21(13-22(33)12-20)30(31,32)16-40-3)34-27-23-14-24(26(41-4)15-25(23)35-18(2)36-27)29(39)7-9-37(10-8-29)28(38)19-5-6-19/h11-15,17,19,39H,5-10,16,33H2,1-4H3,(H,34,35,36)/t17-/m1/s1. The summed E-state index contributed by atoms with van der Waals surface area (Å²) in [7, 11) is 2.77. The number of aliphatic hydroxyl groups is 1. The Labute approximate surface area is 238 Å². The lowest BCUT2D eigenvalue weighted by molar-refractivity contribution is -0.137. The second-order valence-electron chi connectivity index (χ2n) is 11.2. The number of piperidine rings is 1. The number of nitrogens with two attached hydrogens (primary N) is 1. The second kappa shape index (κ2) is 11.0. The minimum absolute atomic E-state index is 0.134. The second-order valence-corrected chi connectivity index (χ2v) is 11.2. The summed E-state index contributed by atoms with van der Waals surface area (Å²) in [4.78, 5) is 23.6. The van der Waals surface area contributed by atoms with Gasteiger partial charge in [-0.2, -0.15) is 8.78 Å². The van der Waals surface area contributed by atoms with E-state index in [1.165, 1.54) is 19.2 Å². The Morgan fingerprint density at radius 2 is 1.90 bits per heavy atom. The van der Waals surface area contributed by atoms with E-state index < -0.39 is 24.2 Å². The first-order chi connectivity index (χ1) is 19.4. The fourth-order valence-corrected chi connectivity index (χ4v) is 5.56. The molecule has 0 bridgehead atoms. The molecule has 0 spiro atoms. The summed E-state index contributed by atoms with van der Waals surface area (Å²) in [6, 6.07) is 7.48. The highest BCUT2D eigenvalue weighted by atomic mass is 19.3. The highest BCUT2D eigenvalue weighted by molar-refractivity contribution is 5.91. The SMILES string of the molecule is COCC(F)(F)c1cc(N)cc([C@@H](C)Nc2nc(C)nc3cc(OC)c(C4(O)CCN(C(=O)C5CC5)CC4)cc23)c1. The van der Waals surface area contributed by atoms with Gasteiger partial charge in [-0.3, -0.25) is 4.79 Å². The van der Waals surface area contributed by atoms with Gasteiger partial charge in [0.15, 0.2) is 0 Å². The number of nitrogen functional groups attached to an aromatic ring is 1. The number of rotatable bonds is 9. The molecule has 1 aromatic heterocycles. The molecule has 2 fully saturated rings. The van der Waals surface area contributed by atoms with Crippen LogP contribution in [0.15, 0.2) is 30.3 Å². The molecule has 9 nitrogen and oxygen atoms in total. The summed E-state index contributed by atoms with van der Waals surface area (Å²) in [6.07, 6.45) is 2.64. The third-order valence-electron chi connectivity index (χ3n) is 8.04. The van der Waals surface area contributed by atoms with E-state index in [2.05, 4.69) is 15.3 Å². The van der Waals surface area contributed by atoms with Crippen LogP contribution < -0.4 is 15.8 Å². The molecular weight excluding hydrogens is 532 g/mol. The molecule has 11 heteroatoms. The molecule has 1 atom stereocenters. The van der Waals surface area contributed by atoms with Gasteiger partial charge in [-0.1, -0.05) is 0 Å². The topological polar surface area (TPSA) is 123 Å². The van der Waals surface area contributed by atoms with E-state index in [4.69, 9.17) is 15.2 Å². The van der Waals surface area contributed by atoms with Crippen LogP contribution in [0.3, 0.4) is 0 Å². The van der Waals surface area contributed by atoms with Gasteiger partial charge in [0.05, 0.1) is 24.3 Å². The van der Waals surface area contributed by atoms with Gasteiger partial charge >= 0.3 is 0 Å². The van der Waals surface area contributed by atoms with Crippen LogP contribution in [0.2, 0.25) is 0 Å². The maximum Gasteiger partial charge on any atom is 0.296 e. The number of benzene rings is 2. The van der Waals surface area contributed by atoms with Crippen molar-refractivity contribution < 1.29 is 28.2 Å². The molecule has 2 aliphatic rings. The molecule has 2 heterocycles. The summed E-state index contributed by atoms with van der Waals surface area (Å²) in [5, 5.41) is 15.8. The minimum atomic E-state index is -3.20. The predicted octanol–water partition coefficient (Wildman–Crippen LogP) is 4.66. The fourth-order valence-electron chi connectivity index (χ4n) is 5.56. The van der Waals surface area contributed by atoms with Gasteiger partial charge in [0.2, 0.25) is 5.91 Å². The van der Waals surface area contributed by atoms with Crippen LogP contribution >= 0.6 is 0 Å². The van der Waals surface area contributed by atoms with Crippen molar-refractivity contribution in [3.05, 3.63) is 52.8 Å². The zero-order chi connectivity index (χ0) is 29.5. The Bertz CT molecular complexity index is 1450. The largest absolute Gasteiger partial charge is 0.496 e. The Kier molecular flexibility index (Phi) is 7.78. The highest BCUT2D eigenvalue weighted by Crippen LogP contribution is 2.42. The zero-order valence-corrected chi connectivity index (χ0v) is 23.8. The molecule has 41 heavy (non-hydrogen) atoms. The fraction of sp³-hybridized carbons (Fsp3) is 0.500. The summed E-state index contributed by atoms with van der Waals surface area (Å²) in [5.74, 6) is -1.40. The number of amides is 1. The average Bonchev–Trinajstić information content (AvgIpc) is 3.77. The third kappa shape index (κ3) is 5.92. The first kappa shape index (κ1) is 28.9. The molecule has 1 saturated heterocycles. The van der Waals surface area contributed by atoms with Gasteiger partial charge in [0.1, 0.15) is 24.0 Å². The van der Waals surface area contributed by atoms with Crippen LogP contribution in [0.1, 0.15) is 61.2 Å². The molecule has 1 saturated carbocycles. The van der Waals surface area contributed by atoms with E-state index in [9.17, 15) is 18.7 Å². The van der Waals surface area contributed by atoms with Crippen molar-refractivity contribution in [3.8, 4) is 5.75 Å². The summed E-state index contributed by atoms with van der Waals surface area (Å²) in [5.41, 5.74) is 6.54. The Morgan fingerprint density at radius 1 is 1.20 bits per heavy atom. The molecule has 2 aromatic carbocycles. The first-order valence-corrected chi connectivity index (χ1v) is 13.9. The normalized spacial score (nSPS) is 17.9. The van der Waals surface area contributed by atoms with Crippen LogP contribution in [-0.4, -0.2) is 59.8 Å². The summed E-state index contributed by atoms with van der Waals surface area (Å²) in [6.45, 7) is 3.77. The predicted molar refractivity (Wildman–Crippen MR) is 152 cm³/mol. The molecule has 4 N–H and O–H groups in total. The number of hydrogen-bond donors (Lipinski definition) is 3. The Balaban J connectivity index is 1.48. The van der Waals surface area contributed by atoms with Crippen LogP contribution in [0.25, 0.3) is 10.9 Å². The zero-order valence-electron chi connectivity index (χ0n) is 23.8. The van der Waals surface area contributed by atoms with Crippen LogP contribution in [0, 0.1) is 12.8 Å². The number of carbonyl (C=O) groups is 1. The van der Waals surface area contributed by atoms with E-state index in [-0.39, 0.29) is 23.1 Å². The smallest absolute Gasteiger partial charge is 0.296 e. The number of nitrogens with one attached hydrogen (secondary N) is 1. The lowest BCUT2D eigenvalue weighted by Crippen LogP contribution is -2.45. The number of aromatic nitrogens is 2. The number of nitrogens with zero attached hydrogens (tertiary/aromatic N) is 3. The summed E-state index contributed by atoms with van der Waals surface area (Å²) < 4.78 is 39.6. The van der Waals surface area contributed by atoms with Crippen LogP contribution in [-0.2, 0) is 21.1 Å². The van der Waals surface area contributed by atoms with Crippen molar-refractivity contribution in [3.63, 3.8) is 0 Å². The average molecular weight is 570 g/mol. The molecule has 0 unspecified atom stereocenters. The molecule has 0 radical (unpaired) electrons. The van der Waals surface area contributed by atoms with Gasteiger partial charge in [0.25, 0.3) is 5.92 Å². The minimum Gasteiger partial charge on any atom is -0.496 e. The van der Waals surface area contributed by atoms with Crippen molar-refractivity contribution >= 4 is 28.3 Å². The number of anilines is 2. The number of hydrogen-bond acceptors (Lipinski definition) is 8. The Hall–Kier alpha value is -3.57. The lowest BCUT2D eigenvalue weighted by Gasteiger charge is -2.39. The number of halogens is 2. The van der Waals surface area contributed by atoms with E-state index in [1.54, 1.807) is 26.2 Å². The monoisotopic (exact) mass is 569 g/mol. The van der Waals surface area contributed by atoms with Gasteiger partial charge < -0.3 is 30.5 Å². The quantitative estimate of drug-likeness (QED) is 0.318. The van der Waals surface area contributed by atoms with E-state index in [1.807, 2.05) is 17.9 Å². The number of likely N-dealkylation sites (tertiary alicyclic amines) is 1. The van der Waals surface area contributed by atoms with Crippen LogP contribution in [0.5, 0.6) is 5.75 Å². The van der Waals surface area contributed by atoms with E-state index in [0.717, 1.165) is 12.8 Å². The molecule has 1 amide bonds. The van der Waals surface area contributed by atoms with Gasteiger partial charge in [-0.25, -0.2) is 9.97 Å². The van der Waals surface area contributed by atoms with Crippen LogP contribution in [0.4, 0.5) is 20.3 Å². The number of ether oxygens (including phenoxy) is 2. The van der Waals surface area contributed by atoms with Crippen molar-refractivity contribution in [2.24, 2.45) is 5.92 Å². The van der Waals surface area contributed by atoms with Gasteiger partial charge in [0, 0.05) is 54.4 Å². The van der Waals surface area contributed by atoms with Crippen molar-refractivity contribution in [2.45, 2.75) is 57.1 Å². The Morgan fingerprint density at radius 3 is 2.54 bits per heavy atom. The van der Waals surface area contributed by atoms with Crippen molar-refractivity contribution in [1.82, 2.24) is 14.9 Å².